The van der Waals surface area contributed by atoms with Crippen molar-refractivity contribution in [3.05, 3.63) is 40.9 Å². The molecule has 0 aliphatic carbocycles. The number of hydrogen-bond acceptors (Lipinski definition) is 3. The Balaban J connectivity index is 2.42. The molecule has 4 nitrogen and oxygen atoms in total. The van der Waals surface area contributed by atoms with Crippen LogP contribution in [0.15, 0.2) is 35.3 Å². The summed E-state index contributed by atoms with van der Waals surface area (Å²) in [5.74, 6) is 0. The van der Waals surface area contributed by atoms with Gasteiger partial charge in [-0.3, -0.25) is 0 Å². The molecule has 0 unspecified atom stereocenters. The summed E-state index contributed by atoms with van der Waals surface area (Å²) in [4.78, 5) is 3.90. The van der Waals surface area contributed by atoms with Gasteiger partial charge in [0.05, 0.1) is 5.69 Å². The zero-order chi connectivity index (χ0) is 10.8. The van der Waals surface area contributed by atoms with Crippen LogP contribution >= 0.6 is 15.9 Å². The van der Waals surface area contributed by atoms with E-state index in [1.54, 1.807) is 11.0 Å². The van der Waals surface area contributed by atoms with Gasteiger partial charge in [-0.25, -0.2) is 9.67 Å². The van der Waals surface area contributed by atoms with Crippen molar-refractivity contribution in [1.82, 2.24) is 14.8 Å². The number of halogens is 1. The molecule has 2 N–H and O–H groups in total. The Labute approximate surface area is 96.3 Å². The van der Waals surface area contributed by atoms with Crippen LogP contribution in [-0.4, -0.2) is 14.8 Å². The second-order valence-electron chi connectivity index (χ2n) is 3.33. The Morgan fingerprint density at radius 1 is 1.47 bits per heavy atom. The van der Waals surface area contributed by atoms with Crippen LogP contribution in [0.2, 0.25) is 0 Å². The molecule has 2 rings (SSSR count). The van der Waals surface area contributed by atoms with E-state index in [4.69, 9.17) is 5.73 Å². The van der Waals surface area contributed by atoms with Gasteiger partial charge in [-0.1, -0.05) is 22.0 Å². The van der Waals surface area contributed by atoms with Crippen molar-refractivity contribution in [1.29, 1.82) is 0 Å². The molecule has 0 fully saturated rings. The highest BCUT2D eigenvalue weighted by Crippen LogP contribution is 2.24. The average Bonchev–Trinajstić information content (AvgIpc) is 2.69. The molecule has 2 aromatic rings. The summed E-state index contributed by atoms with van der Waals surface area (Å²) >= 11 is 3.49. The first-order valence-electron chi connectivity index (χ1n) is 4.58. The molecule has 0 amide bonds. The van der Waals surface area contributed by atoms with Gasteiger partial charge in [0.25, 0.3) is 0 Å². The van der Waals surface area contributed by atoms with Crippen molar-refractivity contribution in [3.8, 4) is 5.69 Å². The minimum atomic E-state index is 0.0178. The Hall–Kier alpha value is -1.20. The first-order chi connectivity index (χ1) is 7.18. The highest BCUT2D eigenvalue weighted by atomic mass is 79.9. The molecule has 1 aromatic carbocycles. The van der Waals surface area contributed by atoms with Crippen molar-refractivity contribution < 1.29 is 0 Å². The molecule has 0 radical (unpaired) electrons. The third-order valence-electron chi connectivity index (χ3n) is 2.16. The van der Waals surface area contributed by atoms with Crippen LogP contribution in [0.25, 0.3) is 5.69 Å². The molecule has 0 spiro atoms. The smallest absolute Gasteiger partial charge is 0.138 e. The Morgan fingerprint density at radius 3 is 2.80 bits per heavy atom. The molecule has 0 bridgehead atoms. The van der Waals surface area contributed by atoms with Gasteiger partial charge in [0.15, 0.2) is 0 Å². The van der Waals surface area contributed by atoms with E-state index >= 15 is 0 Å². The summed E-state index contributed by atoms with van der Waals surface area (Å²) in [7, 11) is 0. The molecule has 1 aromatic heterocycles. The monoisotopic (exact) mass is 266 g/mol. The van der Waals surface area contributed by atoms with E-state index in [9.17, 15) is 0 Å². The lowest BCUT2D eigenvalue weighted by atomic mass is 10.1. The lowest BCUT2D eigenvalue weighted by molar-refractivity contribution is 0.808. The molecule has 78 valence electrons. The average molecular weight is 267 g/mol. The third kappa shape index (κ3) is 2.08. The minimum absolute atomic E-state index is 0.0178. The lowest BCUT2D eigenvalue weighted by Crippen LogP contribution is -2.06. The summed E-state index contributed by atoms with van der Waals surface area (Å²) in [5, 5.41) is 4.06. The fourth-order valence-corrected chi connectivity index (χ4v) is 2.10. The molecule has 0 saturated carbocycles. The standard InChI is InChI=1S/C10H11BrN4/c1-7(12)9-3-2-8(4-10(9)11)15-6-13-5-14-15/h2-7H,12H2,1H3/t7-/m1/s1. The van der Waals surface area contributed by atoms with Crippen molar-refractivity contribution >= 4 is 15.9 Å². The van der Waals surface area contributed by atoms with E-state index in [1.165, 1.54) is 6.33 Å². The van der Waals surface area contributed by atoms with E-state index in [0.717, 1.165) is 15.7 Å². The molecular formula is C10H11BrN4. The van der Waals surface area contributed by atoms with Gasteiger partial charge in [-0.05, 0) is 24.6 Å². The fraction of sp³-hybridized carbons (Fsp3) is 0.200. The molecule has 1 heterocycles. The largest absolute Gasteiger partial charge is 0.324 e. The minimum Gasteiger partial charge on any atom is -0.324 e. The SMILES string of the molecule is C[C@@H](N)c1ccc(-n2cncn2)cc1Br. The van der Waals surface area contributed by atoms with Crippen LogP contribution in [0.3, 0.4) is 0 Å². The highest BCUT2D eigenvalue weighted by molar-refractivity contribution is 9.10. The number of rotatable bonds is 2. The second kappa shape index (κ2) is 4.12. The highest BCUT2D eigenvalue weighted by Gasteiger charge is 2.06. The van der Waals surface area contributed by atoms with Gasteiger partial charge in [0.1, 0.15) is 12.7 Å². The summed E-state index contributed by atoms with van der Waals surface area (Å²) in [6.07, 6.45) is 3.17. The van der Waals surface area contributed by atoms with E-state index < -0.39 is 0 Å². The van der Waals surface area contributed by atoms with Gasteiger partial charge in [-0.15, -0.1) is 0 Å². The Morgan fingerprint density at radius 2 is 2.27 bits per heavy atom. The van der Waals surface area contributed by atoms with Gasteiger partial charge >= 0.3 is 0 Å². The van der Waals surface area contributed by atoms with Gasteiger partial charge in [-0.2, -0.15) is 5.10 Å². The normalized spacial score (nSPS) is 12.7. The first-order valence-corrected chi connectivity index (χ1v) is 5.38. The maximum Gasteiger partial charge on any atom is 0.138 e. The summed E-state index contributed by atoms with van der Waals surface area (Å²) in [6.45, 7) is 1.95. The van der Waals surface area contributed by atoms with Crippen LogP contribution < -0.4 is 5.73 Å². The zero-order valence-electron chi connectivity index (χ0n) is 8.26. The van der Waals surface area contributed by atoms with E-state index in [0.29, 0.717) is 0 Å². The quantitative estimate of drug-likeness (QED) is 0.905. The van der Waals surface area contributed by atoms with Crippen molar-refractivity contribution in [2.75, 3.05) is 0 Å². The third-order valence-corrected chi connectivity index (χ3v) is 2.84. The predicted octanol–water partition coefficient (Wildman–Crippen LogP) is 2.05. The summed E-state index contributed by atoms with van der Waals surface area (Å²) < 4.78 is 2.70. The summed E-state index contributed by atoms with van der Waals surface area (Å²) in [5.41, 5.74) is 7.86. The molecular weight excluding hydrogens is 256 g/mol. The maximum atomic E-state index is 5.82. The van der Waals surface area contributed by atoms with Crippen LogP contribution in [-0.2, 0) is 0 Å². The topological polar surface area (TPSA) is 56.7 Å². The maximum absolute atomic E-state index is 5.82. The number of aromatic nitrogens is 3. The van der Waals surface area contributed by atoms with Gasteiger partial charge in [0, 0.05) is 10.5 Å². The number of benzene rings is 1. The summed E-state index contributed by atoms with van der Waals surface area (Å²) in [6, 6.07) is 5.96. The molecule has 0 saturated heterocycles. The first kappa shape index (κ1) is 10.3. The van der Waals surface area contributed by atoms with Crippen LogP contribution in [0.4, 0.5) is 0 Å². The molecule has 1 atom stereocenters. The van der Waals surface area contributed by atoms with Crippen LogP contribution in [0.5, 0.6) is 0 Å². The van der Waals surface area contributed by atoms with E-state index in [-0.39, 0.29) is 6.04 Å². The molecule has 15 heavy (non-hydrogen) atoms. The van der Waals surface area contributed by atoms with Crippen molar-refractivity contribution in [2.24, 2.45) is 5.73 Å². The lowest BCUT2D eigenvalue weighted by Gasteiger charge is -2.09. The molecule has 0 aliphatic rings. The van der Waals surface area contributed by atoms with Crippen LogP contribution in [0.1, 0.15) is 18.5 Å². The number of nitrogens with two attached hydrogens (primary N) is 1. The fourth-order valence-electron chi connectivity index (χ4n) is 1.37. The van der Waals surface area contributed by atoms with E-state index in [2.05, 4.69) is 26.0 Å². The van der Waals surface area contributed by atoms with Crippen LogP contribution in [0, 0.1) is 0 Å². The zero-order valence-corrected chi connectivity index (χ0v) is 9.85. The predicted molar refractivity (Wildman–Crippen MR) is 61.7 cm³/mol. The Bertz CT molecular complexity index is 450. The van der Waals surface area contributed by atoms with Gasteiger partial charge < -0.3 is 5.73 Å². The molecule has 5 heteroatoms. The van der Waals surface area contributed by atoms with Gasteiger partial charge in [0.2, 0.25) is 0 Å². The Kier molecular flexibility index (Phi) is 2.83. The molecule has 0 aliphatic heterocycles. The second-order valence-corrected chi connectivity index (χ2v) is 4.19. The van der Waals surface area contributed by atoms with Crippen molar-refractivity contribution in [3.63, 3.8) is 0 Å². The number of hydrogen-bond donors (Lipinski definition) is 1. The van der Waals surface area contributed by atoms with Crippen molar-refractivity contribution in [2.45, 2.75) is 13.0 Å². The number of nitrogens with zero attached hydrogens (tertiary/aromatic N) is 3. The van der Waals surface area contributed by atoms with E-state index in [1.807, 2.05) is 25.1 Å².